The van der Waals surface area contributed by atoms with E-state index in [1.54, 1.807) is 0 Å². The van der Waals surface area contributed by atoms with E-state index in [-0.39, 0.29) is 0 Å². The second-order valence-electron chi connectivity index (χ2n) is 3.38. The van der Waals surface area contributed by atoms with Crippen molar-refractivity contribution < 1.29 is 4.42 Å². The van der Waals surface area contributed by atoms with E-state index in [0.717, 1.165) is 11.8 Å². The molecule has 12 heavy (non-hydrogen) atoms. The van der Waals surface area contributed by atoms with Crippen LogP contribution in [0.15, 0.2) is 4.42 Å². The van der Waals surface area contributed by atoms with Crippen LogP contribution < -0.4 is 5.32 Å². The summed E-state index contributed by atoms with van der Waals surface area (Å²) in [5.41, 5.74) is 0. The molecule has 1 saturated carbocycles. The summed E-state index contributed by atoms with van der Waals surface area (Å²) in [5.74, 6) is 2.76. The Labute approximate surface area is 71.4 Å². The van der Waals surface area contributed by atoms with Gasteiger partial charge in [-0.1, -0.05) is 6.92 Å². The van der Waals surface area contributed by atoms with E-state index >= 15 is 0 Å². The van der Waals surface area contributed by atoms with Crippen molar-refractivity contribution in [2.75, 3.05) is 7.05 Å². The van der Waals surface area contributed by atoms with Crippen molar-refractivity contribution in [1.29, 1.82) is 0 Å². The Morgan fingerprint density at radius 1 is 1.58 bits per heavy atom. The summed E-state index contributed by atoms with van der Waals surface area (Å²) in [4.78, 5) is 0. The molecule has 0 radical (unpaired) electrons. The molecular weight excluding hydrogens is 154 g/mol. The molecule has 1 heterocycles. The van der Waals surface area contributed by atoms with Crippen molar-refractivity contribution in [3.8, 4) is 0 Å². The van der Waals surface area contributed by atoms with Crippen LogP contribution in [0.3, 0.4) is 0 Å². The van der Waals surface area contributed by atoms with Gasteiger partial charge in [0, 0.05) is 5.92 Å². The number of hydrogen-bond donors (Lipinski definition) is 1. The molecule has 1 aliphatic carbocycles. The van der Waals surface area contributed by atoms with Crippen LogP contribution >= 0.6 is 0 Å². The molecule has 0 saturated heterocycles. The second-order valence-corrected chi connectivity index (χ2v) is 3.38. The monoisotopic (exact) mass is 167 g/mol. The molecule has 0 amide bonds. The molecule has 1 aliphatic rings. The third-order valence-electron chi connectivity index (χ3n) is 2.24. The standard InChI is InChI=1S/C8H13N3O/c1-5-3-6(5)8-11-10-7(12-8)4-9-2/h5-6,9H,3-4H2,1-2H3. The number of hydrogen-bond acceptors (Lipinski definition) is 4. The van der Waals surface area contributed by atoms with Gasteiger partial charge in [0.05, 0.1) is 6.54 Å². The second kappa shape index (κ2) is 2.86. The lowest BCUT2D eigenvalue weighted by Crippen LogP contribution is -2.04. The summed E-state index contributed by atoms with van der Waals surface area (Å²) in [7, 11) is 1.86. The smallest absolute Gasteiger partial charge is 0.230 e. The van der Waals surface area contributed by atoms with Gasteiger partial charge in [-0.15, -0.1) is 10.2 Å². The summed E-state index contributed by atoms with van der Waals surface area (Å²) in [6.07, 6.45) is 1.20. The van der Waals surface area contributed by atoms with Gasteiger partial charge in [0.25, 0.3) is 0 Å². The van der Waals surface area contributed by atoms with E-state index in [1.165, 1.54) is 6.42 Å². The normalized spacial score (nSPS) is 27.5. The van der Waals surface area contributed by atoms with Gasteiger partial charge in [-0.3, -0.25) is 0 Å². The van der Waals surface area contributed by atoms with Gasteiger partial charge < -0.3 is 9.73 Å². The summed E-state index contributed by atoms with van der Waals surface area (Å²) < 4.78 is 5.43. The predicted octanol–water partition coefficient (Wildman–Crippen LogP) is 0.912. The van der Waals surface area contributed by atoms with E-state index in [1.807, 2.05) is 7.05 Å². The lowest BCUT2D eigenvalue weighted by Gasteiger charge is -1.89. The minimum Gasteiger partial charge on any atom is -0.424 e. The third kappa shape index (κ3) is 1.34. The van der Waals surface area contributed by atoms with Crippen molar-refractivity contribution in [3.63, 3.8) is 0 Å². The maximum Gasteiger partial charge on any atom is 0.230 e. The van der Waals surface area contributed by atoms with Gasteiger partial charge in [-0.2, -0.15) is 0 Å². The Balaban J connectivity index is 2.04. The highest BCUT2D eigenvalue weighted by Crippen LogP contribution is 2.46. The van der Waals surface area contributed by atoms with Gasteiger partial charge in [0.15, 0.2) is 0 Å². The fourth-order valence-electron chi connectivity index (χ4n) is 1.31. The molecule has 0 bridgehead atoms. The van der Waals surface area contributed by atoms with Crippen molar-refractivity contribution in [1.82, 2.24) is 15.5 Å². The molecule has 0 aliphatic heterocycles. The predicted molar refractivity (Wildman–Crippen MR) is 43.6 cm³/mol. The van der Waals surface area contributed by atoms with Crippen molar-refractivity contribution >= 4 is 0 Å². The fourth-order valence-corrected chi connectivity index (χ4v) is 1.31. The Morgan fingerprint density at radius 3 is 2.92 bits per heavy atom. The van der Waals surface area contributed by atoms with E-state index in [4.69, 9.17) is 4.42 Å². The summed E-state index contributed by atoms with van der Waals surface area (Å²) in [6, 6.07) is 0. The summed E-state index contributed by atoms with van der Waals surface area (Å²) >= 11 is 0. The maximum atomic E-state index is 5.43. The number of nitrogens with one attached hydrogen (secondary N) is 1. The first-order valence-electron chi connectivity index (χ1n) is 4.28. The van der Waals surface area contributed by atoms with Crippen LogP contribution in [-0.2, 0) is 6.54 Å². The van der Waals surface area contributed by atoms with Crippen LogP contribution in [0.5, 0.6) is 0 Å². The largest absolute Gasteiger partial charge is 0.424 e. The highest BCUT2D eigenvalue weighted by atomic mass is 16.4. The van der Waals surface area contributed by atoms with Crippen LogP contribution in [0.1, 0.15) is 31.0 Å². The highest BCUT2D eigenvalue weighted by molar-refractivity contribution is 5.04. The zero-order chi connectivity index (χ0) is 8.55. The van der Waals surface area contributed by atoms with Crippen LogP contribution in [0.2, 0.25) is 0 Å². The first kappa shape index (κ1) is 7.73. The summed E-state index contributed by atoms with van der Waals surface area (Å²) in [5, 5.41) is 10.9. The molecule has 66 valence electrons. The molecule has 4 nitrogen and oxygen atoms in total. The average molecular weight is 167 g/mol. The molecule has 1 fully saturated rings. The van der Waals surface area contributed by atoms with E-state index in [9.17, 15) is 0 Å². The topological polar surface area (TPSA) is 51.0 Å². The number of nitrogens with zero attached hydrogens (tertiary/aromatic N) is 2. The van der Waals surface area contributed by atoms with Crippen molar-refractivity contribution in [3.05, 3.63) is 11.8 Å². The Morgan fingerprint density at radius 2 is 2.33 bits per heavy atom. The summed E-state index contributed by atoms with van der Waals surface area (Å²) in [6.45, 7) is 2.86. The lowest BCUT2D eigenvalue weighted by atomic mass is 10.3. The van der Waals surface area contributed by atoms with Crippen molar-refractivity contribution in [2.24, 2.45) is 5.92 Å². The molecule has 1 aromatic heterocycles. The Bertz CT molecular complexity index is 271. The van der Waals surface area contributed by atoms with Gasteiger partial charge in [-0.05, 0) is 19.4 Å². The molecular formula is C8H13N3O. The van der Waals surface area contributed by atoms with Gasteiger partial charge in [0.1, 0.15) is 0 Å². The van der Waals surface area contributed by atoms with E-state index in [2.05, 4.69) is 22.4 Å². The maximum absolute atomic E-state index is 5.43. The molecule has 1 aromatic rings. The fraction of sp³-hybridized carbons (Fsp3) is 0.750. The Hall–Kier alpha value is -0.900. The molecule has 0 aromatic carbocycles. The third-order valence-corrected chi connectivity index (χ3v) is 2.24. The zero-order valence-corrected chi connectivity index (χ0v) is 7.37. The van der Waals surface area contributed by atoms with E-state index < -0.39 is 0 Å². The quantitative estimate of drug-likeness (QED) is 0.727. The molecule has 2 unspecified atom stereocenters. The zero-order valence-electron chi connectivity index (χ0n) is 7.37. The van der Waals surface area contributed by atoms with Crippen LogP contribution in [0.25, 0.3) is 0 Å². The van der Waals surface area contributed by atoms with Gasteiger partial charge in [-0.25, -0.2) is 0 Å². The molecule has 2 rings (SSSR count). The molecule has 0 spiro atoms. The van der Waals surface area contributed by atoms with Gasteiger partial charge in [0.2, 0.25) is 11.8 Å². The first-order valence-corrected chi connectivity index (χ1v) is 4.28. The minimum atomic E-state index is 0.531. The highest BCUT2D eigenvalue weighted by Gasteiger charge is 2.38. The molecule has 2 atom stereocenters. The van der Waals surface area contributed by atoms with Crippen LogP contribution in [0, 0.1) is 5.92 Å². The molecule has 4 heteroatoms. The number of aromatic nitrogens is 2. The van der Waals surface area contributed by atoms with Crippen LogP contribution in [0.4, 0.5) is 0 Å². The Kier molecular flexibility index (Phi) is 1.84. The average Bonchev–Trinajstić information content (AvgIpc) is 2.62. The van der Waals surface area contributed by atoms with Crippen LogP contribution in [-0.4, -0.2) is 17.2 Å². The molecule has 1 N–H and O–H groups in total. The SMILES string of the molecule is CNCc1nnc(C2CC2C)o1. The minimum absolute atomic E-state index is 0.531. The van der Waals surface area contributed by atoms with Crippen molar-refractivity contribution in [2.45, 2.75) is 25.8 Å². The van der Waals surface area contributed by atoms with E-state index in [0.29, 0.717) is 18.4 Å². The number of rotatable bonds is 3. The first-order chi connectivity index (χ1) is 5.81. The lowest BCUT2D eigenvalue weighted by molar-refractivity contribution is 0.437. The van der Waals surface area contributed by atoms with Gasteiger partial charge >= 0.3 is 0 Å².